The van der Waals surface area contributed by atoms with E-state index in [1.54, 1.807) is 32.9 Å². The van der Waals surface area contributed by atoms with Gasteiger partial charge in [0.25, 0.3) is 5.91 Å². The Morgan fingerprint density at radius 1 is 0.938 bits per heavy atom. The lowest BCUT2D eigenvalue weighted by molar-refractivity contribution is -0.139. The quantitative estimate of drug-likeness (QED) is 0.0929. The van der Waals surface area contributed by atoms with Crippen molar-refractivity contribution >= 4 is 46.5 Å². The molecule has 0 fully saturated rings. The third-order valence-electron chi connectivity index (χ3n) is 6.20. The van der Waals surface area contributed by atoms with Crippen molar-refractivity contribution in [2.45, 2.75) is 51.8 Å². The lowest BCUT2D eigenvalue weighted by Gasteiger charge is -2.19. The molecule has 2 heterocycles. The number of nitrogens with one attached hydrogen (secondary N) is 4. The van der Waals surface area contributed by atoms with E-state index in [4.69, 9.17) is 19.9 Å². The number of amides is 3. The van der Waals surface area contributed by atoms with Gasteiger partial charge >= 0.3 is 12.1 Å². The molecule has 18 heteroatoms. The zero-order valence-corrected chi connectivity index (χ0v) is 26.9. The van der Waals surface area contributed by atoms with Crippen molar-refractivity contribution in [3.63, 3.8) is 0 Å². The second-order valence-electron chi connectivity index (χ2n) is 11.3. The van der Waals surface area contributed by atoms with Gasteiger partial charge in [-0.15, -0.1) is 0 Å². The van der Waals surface area contributed by atoms with Crippen LogP contribution in [0.25, 0.3) is 11.0 Å². The summed E-state index contributed by atoms with van der Waals surface area (Å²) in [7, 11) is 0. The Morgan fingerprint density at radius 3 is 2.25 bits per heavy atom. The van der Waals surface area contributed by atoms with Crippen LogP contribution in [-0.4, -0.2) is 105 Å². The van der Waals surface area contributed by atoms with Crippen molar-refractivity contribution in [2.24, 2.45) is 0 Å². The smallest absolute Gasteiger partial charge is 0.407 e. The fraction of sp³-hybridized carbons (Fsp3) is 0.467. The van der Waals surface area contributed by atoms with Crippen molar-refractivity contribution in [2.75, 3.05) is 50.6 Å². The highest BCUT2D eigenvalue weighted by Gasteiger charge is 2.22. The first kappa shape index (κ1) is 37.1. The van der Waals surface area contributed by atoms with Gasteiger partial charge in [-0.25, -0.2) is 24.5 Å². The second-order valence-corrected chi connectivity index (χ2v) is 11.3. The molecule has 2 aromatic heterocycles. The third-order valence-corrected chi connectivity index (χ3v) is 6.20. The molecular weight excluding hydrogens is 630 g/mol. The number of nitrogen functional groups attached to an aromatic ring is 1. The highest BCUT2D eigenvalue weighted by molar-refractivity contribution is 5.97. The van der Waals surface area contributed by atoms with Crippen LogP contribution < -0.4 is 27.0 Å². The van der Waals surface area contributed by atoms with Crippen LogP contribution in [0, 0.1) is 0 Å². The van der Waals surface area contributed by atoms with E-state index in [1.165, 1.54) is 18.3 Å². The van der Waals surface area contributed by atoms with E-state index in [1.807, 2.05) is 0 Å². The lowest BCUT2D eigenvalue weighted by Crippen LogP contribution is -2.41. The van der Waals surface area contributed by atoms with Crippen molar-refractivity contribution in [3.8, 4) is 5.88 Å². The number of anilines is 2. The molecule has 0 bridgehead atoms. The molecule has 0 aliphatic rings. The van der Waals surface area contributed by atoms with Crippen LogP contribution in [0.5, 0.6) is 5.88 Å². The van der Waals surface area contributed by atoms with E-state index >= 15 is 0 Å². The first-order valence-corrected chi connectivity index (χ1v) is 15.1. The number of carbonyl (C=O) groups excluding carboxylic acids is 3. The van der Waals surface area contributed by atoms with Crippen LogP contribution in [0.3, 0.4) is 0 Å². The average molecular weight is 672 g/mol. The Morgan fingerprint density at radius 2 is 1.60 bits per heavy atom. The van der Waals surface area contributed by atoms with Crippen molar-refractivity contribution < 1.29 is 43.6 Å². The number of benzene rings is 1. The predicted octanol–water partition coefficient (Wildman–Crippen LogP) is 0.957. The zero-order chi connectivity index (χ0) is 35.1. The minimum atomic E-state index is -1.28. The SMILES string of the molecule is CC(C)(C)OC(=O)NCCOCCOCCNC(=O)CCC(NC(=O)c1ccc(NCc2ncc3nc(N)nc(O)c3n2)cc1)C(=O)O. The number of ether oxygens (including phenoxy) is 3. The van der Waals surface area contributed by atoms with E-state index in [2.05, 4.69) is 41.2 Å². The van der Waals surface area contributed by atoms with Gasteiger partial charge in [0.15, 0.2) is 5.52 Å². The van der Waals surface area contributed by atoms with Crippen molar-refractivity contribution in [1.82, 2.24) is 35.9 Å². The molecule has 18 nitrogen and oxygen atoms in total. The maximum atomic E-state index is 12.7. The summed E-state index contributed by atoms with van der Waals surface area (Å²) in [6.07, 6.45) is 0.659. The number of rotatable bonds is 18. The number of carboxylic acids is 1. The summed E-state index contributed by atoms with van der Waals surface area (Å²) >= 11 is 0. The number of hydrogen-bond acceptors (Lipinski definition) is 14. The average Bonchev–Trinajstić information content (AvgIpc) is 3.02. The molecule has 0 aliphatic carbocycles. The Balaban J connectivity index is 1.30. The Hall–Kier alpha value is -5.36. The van der Waals surface area contributed by atoms with E-state index in [-0.39, 0.29) is 81.1 Å². The van der Waals surface area contributed by atoms with Gasteiger partial charge in [0.05, 0.1) is 39.2 Å². The highest BCUT2D eigenvalue weighted by atomic mass is 16.6. The normalized spacial score (nSPS) is 11.8. The van der Waals surface area contributed by atoms with E-state index < -0.39 is 29.6 Å². The molecule has 1 unspecified atom stereocenters. The molecule has 0 aliphatic heterocycles. The molecule has 3 aromatic rings. The number of aromatic nitrogens is 4. The lowest BCUT2D eigenvalue weighted by atomic mass is 10.1. The minimum Gasteiger partial charge on any atom is -0.492 e. The van der Waals surface area contributed by atoms with Crippen LogP contribution in [0.2, 0.25) is 0 Å². The molecule has 8 N–H and O–H groups in total. The van der Waals surface area contributed by atoms with Crippen LogP contribution in [0.1, 0.15) is 49.8 Å². The number of aromatic hydroxyl groups is 1. The van der Waals surface area contributed by atoms with Crippen LogP contribution in [-0.2, 0) is 30.3 Å². The minimum absolute atomic E-state index is 0.0972. The summed E-state index contributed by atoms with van der Waals surface area (Å²) in [6.45, 7) is 7.08. The van der Waals surface area contributed by atoms with Gasteiger partial charge in [-0.05, 0) is 51.5 Å². The van der Waals surface area contributed by atoms with Crippen LogP contribution in [0.15, 0.2) is 30.5 Å². The maximum Gasteiger partial charge on any atom is 0.407 e. The van der Waals surface area contributed by atoms with E-state index in [0.717, 1.165) is 0 Å². The molecule has 0 radical (unpaired) electrons. The van der Waals surface area contributed by atoms with E-state index in [9.17, 15) is 29.4 Å². The van der Waals surface area contributed by atoms with Gasteiger partial charge in [0.2, 0.25) is 17.7 Å². The maximum absolute atomic E-state index is 12.7. The summed E-state index contributed by atoms with van der Waals surface area (Å²) in [4.78, 5) is 64.2. The van der Waals surface area contributed by atoms with Gasteiger partial charge in [0, 0.05) is 30.8 Å². The molecule has 0 saturated carbocycles. The fourth-order valence-corrected chi connectivity index (χ4v) is 3.96. The molecular formula is C30H41N9O9. The summed E-state index contributed by atoms with van der Waals surface area (Å²) in [5.41, 5.74) is 6.24. The number of carbonyl (C=O) groups is 4. The summed E-state index contributed by atoms with van der Waals surface area (Å²) in [6, 6.07) is 5.00. The molecule has 3 rings (SSSR count). The number of nitrogens with two attached hydrogens (primary N) is 1. The molecule has 48 heavy (non-hydrogen) atoms. The number of fused-ring (bicyclic) bond motifs is 1. The van der Waals surface area contributed by atoms with Gasteiger partial charge < -0.3 is 51.4 Å². The van der Waals surface area contributed by atoms with Gasteiger partial charge in [-0.3, -0.25) is 9.59 Å². The molecule has 1 atom stereocenters. The Kier molecular flexibility index (Phi) is 14.0. The summed E-state index contributed by atoms with van der Waals surface area (Å²) in [5, 5.41) is 30.3. The first-order valence-electron chi connectivity index (χ1n) is 15.1. The summed E-state index contributed by atoms with van der Waals surface area (Å²) in [5.74, 6) is -2.38. The predicted molar refractivity (Wildman–Crippen MR) is 172 cm³/mol. The number of carboxylic acid groups (broad SMARTS) is 1. The standard InChI is InChI=1S/C30H41N9O9/c1-30(2,3)48-29(45)33-11-13-47-15-14-46-12-10-32-23(40)9-8-20(27(43)44)36-25(41)18-4-6-19(7-5-18)34-17-22-35-16-21-24(38-22)26(42)39-28(31)37-21/h4-7,16,20,34H,8-15,17H2,1-3H3,(H,32,40)(H,33,45)(H,36,41)(H,43,44)(H3,31,37,39,42). The largest absolute Gasteiger partial charge is 0.492 e. The van der Waals surface area contributed by atoms with E-state index in [0.29, 0.717) is 23.6 Å². The number of aliphatic carboxylic acids is 1. The number of hydrogen-bond donors (Lipinski definition) is 7. The van der Waals surface area contributed by atoms with Crippen LogP contribution in [0.4, 0.5) is 16.4 Å². The van der Waals surface area contributed by atoms with Gasteiger partial charge in [-0.1, -0.05) is 0 Å². The monoisotopic (exact) mass is 671 g/mol. The molecule has 0 saturated heterocycles. The van der Waals surface area contributed by atoms with Crippen molar-refractivity contribution in [3.05, 3.63) is 41.9 Å². The molecule has 0 spiro atoms. The highest BCUT2D eigenvalue weighted by Crippen LogP contribution is 2.19. The zero-order valence-electron chi connectivity index (χ0n) is 26.9. The van der Waals surface area contributed by atoms with Gasteiger partial charge in [0.1, 0.15) is 23.0 Å². The van der Waals surface area contributed by atoms with Crippen LogP contribution >= 0.6 is 0 Å². The topological polar surface area (TPSA) is 262 Å². The third kappa shape index (κ3) is 13.2. The first-order chi connectivity index (χ1) is 22.8. The molecule has 1 aromatic carbocycles. The molecule has 3 amide bonds. The van der Waals surface area contributed by atoms with Crippen molar-refractivity contribution in [1.29, 1.82) is 0 Å². The number of nitrogens with zero attached hydrogens (tertiary/aromatic N) is 4. The summed E-state index contributed by atoms with van der Waals surface area (Å²) < 4.78 is 15.8. The number of alkyl carbamates (subject to hydrolysis) is 1. The Bertz CT molecular complexity index is 1550. The molecule has 260 valence electrons. The second kappa shape index (κ2) is 18.1. The fourth-order valence-electron chi connectivity index (χ4n) is 3.96. The van der Waals surface area contributed by atoms with Gasteiger partial charge in [-0.2, -0.15) is 4.98 Å². The Labute approximate surface area is 276 Å².